The van der Waals surface area contributed by atoms with Crippen LogP contribution >= 0.6 is 0 Å². The zero-order chi connectivity index (χ0) is 21.4. The molecule has 0 fully saturated rings. The molecule has 4 aromatic rings. The van der Waals surface area contributed by atoms with E-state index in [1.807, 2.05) is 0 Å². The maximum absolute atomic E-state index is 2.43. The number of allylic oxidation sites excluding steroid dienone is 1. The summed E-state index contributed by atoms with van der Waals surface area (Å²) in [7, 11) is 0. The van der Waals surface area contributed by atoms with E-state index in [0.717, 1.165) is 6.42 Å². The van der Waals surface area contributed by atoms with Crippen molar-refractivity contribution >= 4 is 6.08 Å². The number of rotatable bonds is 3. The van der Waals surface area contributed by atoms with Gasteiger partial charge in [0.1, 0.15) is 0 Å². The number of benzene rings is 4. The molecule has 0 saturated carbocycles. The normalized spacial score (nSPS) is 13.1. The molecular formula is C31H28. The maximum Gasteiger partial charge on any atom is -0.00523 e. The third-order valence-corrected chi connectivity index (χ3v) is 6.32. The van der Waals surface area contributed by atoms with Gasteiger partial charge in [-0.05, 0) is 74.5 Å². The van der Waals surface area contributed by atoms with Gasteiger partial charge in [-0.1, -0.05) is 111 Å². The minimum absolute atomic E-state index is 0.192. The van der Waals surface area contributed by atoms with E-state index in [2.05, 4.69) is 124 Å². The Bertz CT molecular complexity index is 1190. The topological polar surface area (TPSA) is 0 Å². The second-order valence-corrected chi connectivity index (χ2v) is 9.51. The van der Waals surface area contributed by atoms with E-state index >= 15 is 0 Å². The summed E-state index contributed by atoms with van der Waals surface area (Å²) in [6, 6.07) is 35.2. The van der Waals surface area contributed by atoms with Crippen molar-refractivity contribution in [2.45, 2.75) is 27.2 Å². The SMILES string of the molecule is CC(C)(C)C1=Cc2c(cccc2-c2cc(-c3ccccc3)cc(-c3ccccc3)c2)C1. The number of hydrogen-bond donors (Lipinski definition) is 0. The first-order valence-corrected chi connectivity index (χ1v) is 11.1. The molecule has 0 atom stereocenters. The molecule has 0 aromatic heterocycles. The zero-order valence-electron chi connectivity index (χ0n) is 18.5. The van der Waals surface area contributed by atoms with Crippen molar-refractivity contribution in [2.75, 3.05) is 0 Å². The van der Waals surface area contributed by atoms with E-state index in [4.69, 9.17) is 0 Å². The summed E-state index contributed by atoms with van der Waals surface area (Å²) in [6.45, 7) is 6.94. The van der Waals surface area contributed by atoms with Crippen LogP contribution in [0.2, 0.25) is 0 Å². The monoisotopic (exact) mass is 400 g/mol. The largest absolute Gasteiger partial charge is 0.0622 e. The van der Waals surface area contributed by atoms with Gasteiger partial charge in [-0.25, -0.2) is 0 Å². The Morgan fingerprint density at radius 1 is 0.548 bits per heavy atom. The molecule has 0 saturated heterocycles. The van der Waals surface area contributed by atoms with Crippen molar-refractivity contribution in [1.82, 2.24) is 0 Å². The Morgan fingerprint density at radius 2 is 1.10 bits per heavy atom. The molecule has 0 amide bonds. The lowest BCUT2D eigenvalue weighted by atomic mass is 9.85. The van der Waals surface area contributed by atoms with Gasteiger partial charge in [0.15, 0.2) is 0 Å². The Morgan fingerprint density at radius 3 is 1.65 bits per heavy atom. The molecule has 0 N–H and O–H groups in total. The molecule has 1 aliphatic carbocycles. The summed E-state index contributed by atoms with van der Waals surface area (Å²) < 4.78 is 0. The standard InChI is InChI=1S/C31H28/c1-31(2,3)28-20-24-15-10-16-29(30(24)21-28)27-18-25(22-11-6-4-7-12-22)17-26(19-27)23-13-8-5-9-14-23/h4-19,21H,20H2,1-3H3. The van der Waals surface area contributed by atoms with Crippen LogP contribution in [0.4, 0.5) is 0 Å². The minimum Gasteiger partial charge on any atom is -0.0622 e. The highest BCUT2D eigenvalue weighted by atomic mass is 14.3. The predicted octanol–water partition coefficient (Wildman–Crippen LogP) is 8.67. The fourth-order valence-electron chi connectivity index (χ4n) is 4.48. The van der Waals surface area contributed by atoms with Crippen LogP contribution in [-0.2, 0) is 6.42 Å². The highest BCUT2D eigenvalue weighted by Crippen LogP contribution is 2.42. The molecule has 1 aliphatic rings. The quantitative estimate of drug-likeness (QED) is 0.323. The van der Waals surface area contributed by atoms with E-state index < -0.39 is 0 Å². The van der Waals surface area contributed by atoms with Crippen LogP contribution in [0.1, 0.15) is 31.9 Å². The summed E-state index contributed by atoms with van der Waals surface area (Å²) in [6.07, 6.45) is 3.48. The summed E-state index contributed by atoms with van der Waals surface area (Å²) >= 11 is 0. The molecule has 0 heterocycles. The first-order chi connectivity index (χ1) is 15.0. The first kappa shape index (κ1) is 19.6. The van der Waals surface area contributed by atoms with E-state index in [0.29, 0.717) is 0 Å². The van der Waals surface area contributed by atoms with E-state index in [9.17, 15) is 0 Å². The van der Waals surface area contributed by atoms with Gasteiger partial charge in [-0.2, -0.15) is 0 Å². The summed E-state index contributed by atoms with van der Waals surface area (Å²) in [5, 5.41) is 0. The molecule has 0 nitrogen and oxygen atoms in total. The molecule has 0 spiro atoms. The molecule has 0 bridgehead atoms. The molecule has 0 aliphatic heterocycles. The fourth-order valence-corrected chi connectivity index (χ4v) is 4.48. The highest BCUT2D eigenvalue weighted by Gasteiger charge is 2.24. The number of fused-ring (bicyclic) bond motifs is 1. The predicted molar refractivity (Wildman–Crippen MR) is 134 cm³/mol. The Kier molecular flexibility index (Phi) is 4.87. The minimum atomic E-state index is 0.192. The van der Waals surface area contributed by atoms with Crippen LogP contribution in [0.25, 0.3) is 39.5 Å². The van der Waals surface area contributed by atoms with Crippen molar-refractivity contribution in [3.05, 3.63) is 114 Å². The van der Waals surface area contributed by atoms with Crippen LogP contribution in [0.5, 0.6) is 0 Å². The average molecular weight is 401 g/mol. The molecule has 4 aromatic carbocycles. The van der Waals surface area contributed by atoms with Crippen molar-refractivity contribution < 1.29 is 0 Å². The van der Waals surface area contributed by atoms with Gasteiger partial charge in [0.2, 0.25) is 0 Å². The van der Waals surface area contributed by atoms with E-state index in [-0.39, 0.29) is 5.41 Å². The van der Waals surface area contributed by atoms with Crippen molar-refractivity contribution in [3.63, 3.8) is 0 Å². The third kappa shape index (κ3) is 3.86. The molecule has 152 valence electrons. The summed E-state index contributed by atoms with van der Waals surface area (Å²) in [5.41, 5.74) is 12.1. The van der Waals surface area contributed by atoms with Gasteiger partial charge < -0.3 is 0 Å². The first-order valence-electron chi connectivity index (χ1n) is 11.1. The van der Waals surface area contributed by atoms with Gasteiger partial charge >= 0.3 is 0 Å². The lowest BCUT2D eigenvalue weighted by Crippen LogP contribution is -2.08. The van der Waals surface area contributed by atoms with E-state index in [1.54, 1.807) is 0 Å². The van der Waals surface area contributed by atoms with E-state index in [1.165, 1.54) is 50.1 Å². The number of hydrogen-bond acceptors (Lipinski definition) is 0. The Hall–Kier alpha value is -3.38. The van der Waals surface area contributed by atoms with Crippen molar-refractivity contribution in [1.29, 1.82) is 0 Å². The Labute approximate surface area is 185 Å². The fraction of sp³-hybridized carbons (Fsp3) is 0.161. The zero-order valence-corrected chi connectivity index (χ0v) is 18.5. The van der Waals surface area contributed by atoms with Gasteiger partial charge in [0.05, 0.1) is 0 Å². The van der Waals surface area contributed by atoms with Crippen LogP contribution in [0.15, 0.2) is 103 Å². The molecule has 5 rings (SSSR count). The Balaban J connectivity index is 1.71. The molecule has 31 heavy (non-hydrogen) atoms. The van der Waals surface area contributed by atoms with Crippen LogP contribution in [-0.4, -0.2) is 0 Å². The second-order valence-electron chi connectivity index (χ2n) is 9.51. The highest BCUT2D eigenvalue weighted by molar-refractivity contribution is 5.86. The summed E-state index contributed by atoms with van der Waals surface area (Å²) in [5.74, 6) is 0. The third-order valence-electron chi connectivity index (χ3n) is 6.32. The van der Waals surface area contributed by atoms with Crippen LogP contribution in [0, 0.1) is 5.41 Å². The second kappa shape index (κ2) is 7.71. The summed E-state index contributed by atoms with van der Waals surface area (Å²) in [4.78, 5) is 0. The van der Waals surface area contributed by atoms with Crippen LogP contribution < -0.4 is 0 Å². The molecule has 0 radical (unpaired) electrons. The van der Waals surface area contributed by atoms with Crippen molar-refractivity contribution in [2.24, 2.45) is 5.41 Å². The van der Waals surface area contributed by atoms with Gasteiger partial charge in [-0.15, -0.1) is 0 Å². The smallest absolute Gasteiger partial charge is 0.00523 e. The van der Waals surface area contributed by atoms with Crippen LogP contribution in [0.3, 0.4) is 0 Å². The van der Waals surface area contributed by atoms with Crippen molar-refractivity contribution in [3.8, 4) is 33.4 Å². The average Bonchev–Trinajstić information content (AvgIpc) is 3.25. The van der Waals surface area contributed by atoms with Gasteiger partial charge in [-0.3, -0.25) is 0 Å². The van der Waals surface area contributed by atoms with Gasteiger partial charge in [0.25, 0.3) is 0 Å². The maximum atomic E-state index is 2.43. The lowest BCUT2D eigenvalue weighted by Gasteiger charge is -2.19. The lowest BCUT2D eigenvalue weighted by molar-refractivity contribution is 0.498. The molecule has 0 heteroatoms. The van der Waals surface area contributed by atoms with Gasteiger partial charge in [0, 0.05) is 0 Å². The molecular weight excluding hydrogens is 372 g/mol. The molecule has 0 unspecified atom stereocenters.